The van der Waals surface area contributed by atoms with Crippen LogP contribution in [0, 0.1) is 17.8 Å². The molecule has 5 heteroatoms. The van der Waals surface area contributed by atoms with Crippen LogP contribution < -0.4 is 5.32 Å². The number of aromatic nitrogens is 2. The van der Waals surface area contributed by atoms with E-state index in [-0.39, 0.29) is 5.78 Å². The molecule has 5 aliphatic carbocycles. The maximum absolute atomic E-state index is 13.3. The monoisotopic (exact) mass is 415 g/mol. The van der Waals surface area contributed by atoms with Crippen molar-refractivity contribution in [3.05, 3.63) is 59.2 Å². The highest BCUT2D eigenvalue weighted by molar-refractivity contribution is 6.03. The fraction of sp³-hybridized carbons (Fsp3) is 0.500. The molecule has 4 bridgehead atoms. The molecule has 5 atom stereocenters. The van der Waals surface area contributed by atoms with Gasteiger partial charge in [0.05, 0.1) is 22.5 Å². The molecule has 2 aromatic rings. The molecule has 4 fully saturated rings. The van der Waals surface area contributed by atoms with Gasteiger partial charge in [-0.3, -0.25) is 14.8 Å². The Kier molecular flexibility index (Phi) is 4.49. The third kappa shape index (κ3) is 3.39. The van der Waals surface area contributed by atoms with Crippen molar-refractivity contribution in [1.29, 1.82) is 0 Å². The summed E-state index contributed by atoms with van der Waals surface area (Å²) in [5.41, 5.74) is 4.29. The zero-order valence-electron chi connectivity index (χ0n) is 17.8. The Balaban J connectivity index is 1.28. The summed E-state index contributed by atoms with van der Waals surface area (Å²) >= 11 is 0. The van der Waals surface area contributed by atoms with Crippen molar-refractivity contribution in [1.82, 2.24) is 9.97 Å². The maximum Gasteiger partial charge on any atom is 0.166 e. The van der Waals surface area contributed by atoms with Crippen molar-refractivity contribution in [3.8, 4) is 0 Å². The second-order valence-electron chi connectivity index (χ2n) is 10.1. The Bertz CT molecular complexity index is 1030. The van der Waals surface area contributed by atoms with E-state index in [1.807, 2.05) is 18.2 Å². The van der Waals surface area contributed by atoms with E-state index in [0.717, 1.165) is 48.3 Å². The number of hydrogen-bond donors (Lipinski definition) is 2. The van der Waals surface area contributed by atoms with E-state index in [9.17, 15) is 9.90 Å². The SMILES string of the molecule is O=C(CCc1ccccn1)c1cnc2c(c1NC1[C@@H]3CC4C[C@H]1CC(O)(C4)C3)C=CC2. The number of carbonyl (C=O) groups excluding carboxylic acids is 1. The number of anilines is 1. The molecule has 2 heterocycles. The van der Waals surface area contributed by atoms with Gasteiger partial charge in [-0.2, -0.15) is 0 Å². The third-order valence-electron chi connectivity index (χ3n) is 7.98. The number of nitrogens with zero attached hydrogens (tertiary/aromatic N) is 2. The second kappa shape index (κ2) is 7.27. The van der Waals surface area contributed by atoms with Crippen LogP contribution in [0.2, 0.25) is 0 Å². The van der Waals surface area contributed by atoms with Crippen molar-refractivity contribution >= 4 is 17.5 Å². The number of pyridine rings is 2. The van der Waals surface area contributed by atoms with Gasteiger partial charge in [0.15, 0.2) is 5.78 Å². The molecule has 2 aromatic heterocycles. The van der Waals surface area contributed by atoms with Gasteiger partial charge in [0.1, 0.15) is 0 Å². The number of ketones is 1. The Morgan fingerprint density at radius 2 is 2.00 bits per heavy atom. The maximum atomic E-state index is 13.3. The van der Waals surface area contributed by atoms with Gasteiger partial charge in [0.25, 0.3) is 0 Å². The van der Waals surface area contributed by atoms with Crippen LogP contribution in [-0.4, -0.2) is 32.5 Å². The summed E-state index contributed by atoms with van der Waals surface area (Å²) in [4.78, 5) is 22.2. The van der Waals surface area contributed by atoms with Gasteiger partial charge in [-0.15, -0.1) is 0 Å². The third-order valence-corrected chi connectivity index (χ3v) is 7.98. The molecule has 3 unspecified atom stereocenters. The van der Waals surface area contributed by atoms with Gasteiger partial charge < -0.3 is 10.4 Å². The molecule has 0 saturated heterocycles. The van der Waals surface area contributed by atoms with Crippen LogP contribution in [0.3, 0.4) is 0 Å². The second-order valence-corrected chi connectivity index (χ2v) is 10.1. The molecule has 7 rings (SSSR count). The lowest BCUT2D eigenvalue weighted by molar-refractivity contribution is -0.129. The molecular formula is C26H29N3O2. The lowest BCUT2D eigenvalue weighted by Crippen LogP contribution is -2.59. The van der Waals surface area contributed by atoms with Gasteiger partial charge in [0.2, 0.25) is 0 Å². The van der Waals surface area contributed by atoms with Gasteiger partial charge >= 0.3 is 0 Å². The van der Waals surface area contributed by atoms with Crippen LogP contribution in [0.25, 0.3) is 6.08 Å². The van der Waals surface area contributed by atoms with Crippen LogP contribution in [0.5, 0.6) is 0 Å². The number of hydrogen-bond acceptors (Lipinski definition) is 5. The summed E-state index contributed by atoms with van der Waals surface area (Å²) in [6.45, 7) is 0. The fourth-order valence-electron chi connectivity index (χ4n) is 6.87. The number of allylic oxidation sites excluding steroid dienone is 1. The largest absolute Gasteiger partial charge is 0.390 e. The number of fused-ring (bicyclic) bond motifs is 1. The molecule has 5 nitrogen and oxygen atoms in total. The lowest BCUT2D eigenvalue weighted by atomic mass is 9.52. The van der Waals surface area contributed by atoms with E-state index < -0.39 is 5.60 Å². The van der Waals surface area contributed by atoms with Crippen LogP contribution in [-0.2, 0) is 12.8 Å². The highest BCUT2D eigenvalue weighted by atomic mass is 16.3. The number of nitrogens with one attached hydrogen (secondary N) is 1. The van der Waals surface area contributed by atoms with E-state index >= 15 is 0 Å². The molecule has 0 aliphatic heterocycles. The number of aliphatic hydroxyl groups is 1. The minimum absolute atomic E-state index is 0.117. The average molecular weight is 416 g/mol. The lowest BCUT2D eigenvalue weighted by Gasteiger charge is -2.58. The number of rotatable bonds is 6. The predicted octanol–water partition coefficient (Wildman–Crippen LogP) is 4.21. The van der Waals surface area contributed by atoms with Crippen LogP contribution >= 0.6 is 0 Å². The van der Waals surface area contributed by atoms with E-state index in [2.05, 4.69) is 27.4 Å². The number of Topliss-reactive ketones (excluding diaryl/α,β-unsaturated/α-hetero) is 1. The summed E-state index contributed by atoms with van der Waals surface area (Å²) in [6, 6.07) is 6.16. The zero-order valence-corrected chi connectivity index (χ0v) is 17.8. The number of carbonyl (C=O) groups is 1. The quantitative estimate of drug-likeness (QED) is 0.691. The topological polar surface area (TPSA) is 75.1 Å². The van der Waals surface area contributed by atoms with Gasteiger partial charge in [0, 0.05) is 42.5 Å². The first-order chi connectivity index (χ1) is 15.1. The van der Waals surface area contributed by atoms with E-state index in [1.165, 1.54) is 12.8 Å². The smallest absolute Gasteiger partial charge is 0.166 e. The summed E-state index contributed by atoms with van der Waals surface area (Å²) in [5, 5.41) is 14.8. The molecule has 5 aliphatic rings. The molecule has 0 radical (unpaired) electrons. The molecule has 0 amide bonds. The van der Waals surface area contributed by atoms with Crippen LogP contribution in [0.1, 0.15) is 65.8 Å². The summed E-state index contributed by atoms with van der Waals surface area (Å²) in [6.07, 6.45) is 14.8. The van der Waals surface area contributed by atoms with Gasteiger partial charge in [-0.1, -0.05) is 18.2 Å². The van der Waals surface area contributed by atoms with Gasteiger partial charge in [-0.25, -0.2) is 0 Å². The first-order valence-corrected chi connectivity index (χ1v) is 11.7. The molecular weight excluding hydrogens is 386 g/mol. The molecule has 0 spiro atoms. The zero-order chi connectivity index (χ0) is 21.0. The Labute approximate surface area is 183 Å². The summed E-state index contributed by atoms with van der Waals surface area (Å²) < 4.78 is 0. The van der Waals surface area contributed by atoms with Crippen LogP contribution in [0.15, 0.2) is 36.7 Å². The van der Waals surface area contributed by atoms with Crippen molar-refractivity contribution in [3.63, 3.8) is 0 Å². The molecule has 31 heavy (non-hydrogen) atoms. The van der Waals surface area contributed by atoms with Crippen molar-refractivity contribution < 1.29 is 9.90 Å². The molecule has 2 N–H and O–H groups in total. The van der Waals surface area contributed by atoms with E-state index in [0.29, 0.717) is 42.2 Å². The first-order valence-electron chi connectivity index (χ1n) is 11.7. The minimum Gasteiger partial charge on any atom is -0.390 e. The highest BCUT2D eigenvalue weighted by Gasteiger charge is 2.54. The predicted molar refractivity (Wildman–Crippen MR) is 120 cm³/mol. The van der Waals surface area contributed by atoms with Crippen LogP contribution in [0.4, 0.5) is 5.69 Å². The fourth-order valence-corrected chi connectivity index (χ4v) is 6.87. The summed E-state index contributed by atoms with van der Waals surface area (Å²) in [5.74, 6) is 1.76. The molecule has 4 saturated carbocycles. The standard InChI is InChI=1S/C26H29N3O2/c30-23(8-7-19-4-1-2-9-27-19)21-15-28-22-6-3-5-20(22)25(21)29-24-17-10-16-11-18(24)14-26(31,12-16)13-17/h1-5,9,15-18,24,31H,6-8,10-14H2,(H,28,29)/t16?,17-,18+,24?,26?. The van der Waals surface area contributed by atoms with Crippen molar-refractivity contribution in [2.75, 3.05) is 5.32 Å². The molecule has 0 aromatic carbocycles. The summed E-state index contributed by atoms with van der Waals surface area (Å²) in [7, 11) is 0. The van der Waals surface area contributed by atoms with E-state index in [4.69, 9.17) is 0 Å². The van der Waals surface area contributed by atoms with Crippen molar-refractivity contribution in [2.45, 2.75) is 63.0 Å². The van der Waals surface area contributed by atoms with Gasteiger partial charge in [-0.05, 0) is 68.4 Å². The Hall–Kier alpha value is -2.53. The Morgan fingerprint density at radius 3 is 2.74 bits per heavy atom. The number of aryl methyl sites for hydroxylation is 1. The Morgan fingerprint density at radius 1 is 1.16 bits per heavy atom. The minimum atomic E-state index is -0.448. The van der Waals surface area contributed by atoms with E-state index in [1.54, 1.807) is 12.4 Å². The highest BCUT2D eigenvalue weighted by Crippen LogP contribution is 2.56. The normalized spacial score (nSPS) is 32.3. The first kappa shape index (κ1) is 19.2. The molecule has 160 valence electrons. The average Bonchev–Trinajstić information content (AvgIpc) is 3.23. The van der Waals surface area contributed by atoms with Crippen molar-refractivity contribution in [2.24, 2.45) is 17.8 Å².